The van der Waals surface area contributed by atoms with Gasteiger partial charge in [-0.3, -0.25) is 48.9 Å². The first-order chi connectivity index (χ1) is 28.0. The molecule has 58 heavy (non-hydrogen) atoms. The Balaban J connectivity index is 0.805. The number of ether oxygens (including phenoxy) is 4. The van der Waals surface area contributed by atoms with Crippen LogP contribution in [0.2, 0.25) is 0 Å². The lowest BCUT2D eigenvalue weighted by Crippen LogP contribution is -2.54. The van der Waals surface area contributed by atoms with Gasteiger partial charge in [-0.05, 0) is 67.1 Å². The second kappa shape index (κ2) is 15.7. The third-order valence-electron chi connectivity index (χ3n) is 11.7. The Morgan fingerprint density at radius 1 is 0.966 bits per heavy atom. The number of benzene rings is 2. The van der Waals surface area contributed by atoms with E-state index in [2.05, 4.69) is 20.5 Å². The average molecular weight is 793 g/mol. The van der Waals surface area contributed by atoms with Gasteiger partial charge in [0.15, 0.2) is 0 Å². The molecule has 3 aliphatic heterocycles. The second-order valence-electron chi connectivity index (χ2n) is 15.2. The zero-order valence-corrected chi connectivity index (χ0v) is 32.5. The number of carbonyl (C=O) groups excluding carboxylic acids is 5. The topological polar surface area (TPSA) is 188 Å². The van der Waals surface area contributed by atoms with E-state index in [1.54, 1.807) is 50.4 Å². The van der Waals surface area contributed by atoms with E-state index in [0.717, 1.165) is 52.9 Å². The van der Waals surface area contributed by atoms with Crippen molar-refractivity contribution >= 4 is 40.3 Å². The third kappa shape index (κ3) is 7.17. The Kier molecular flexibility index (Phi) is 10.5. The molecule has 5 amide bonds. The van der Waals surface area contributed by atoms with Crippen LogP contribution in [0.1, 0.15) is 58.4 Å². The first kappa shape index (κ1) is 38.7. The van der Waals surface area contributed by atoms with Crippen LogP contribution in [0.15, 0.2) is 59.8 Å². The number of hydrogen-bond acceptors (Lipinski definition) is 12. The van der Waals surface area contributed by atoms with Crippen LogP contribution >= 0.6 is 0 Å². The maximum Gasteiger partial charge on any atom is 0.266 e. The van der Waals surface area contributed by atoms with Gasteiger partial charge in [-0.15, -0.1) is 0 Å². The molecular formula is C42H44N6O10. The fourth-order valence-electron chi connectivity index (χ4n) is 8.53. The summed E-state index contributed by atoms with van der Waals surface area (Å²) in [6, 6.07) is 9.47. The van der Waals surface area contributed by atoms with Crippen LogP contribution in [0.4, 0.5) is 0 Å². The van der Waals surface area contributed by atoms with Crippen molar-refractivity contribution in [1.82, 2.24) is 30.0 Å². The Morgan fingerprint density at radius 2 is 1.76 bits per heavy atom. The molecule has 2 saturated heterocycles. The lowest BCUT2D eigenvalue weighted by atomic mass is 9.99. The van der Waals surface area contributed by atoms with Gasteiger partial charge < -0.3 is 28.8 Å². The molecule has 5 heterocycles. The molecule has 302 valence electrons. The SMILES string of the molecule is COc1cc(-c2cn(C)c(=O)c3cnccc23)cc(OC)c1CN1CCC2(C[C@@H]2NC(=O)CCOCCOc2cccc3c2C(=O)N(C2CCC(=O)NC2=O)C3=O)C1. The van der Waals surface area contributed by atoms with Gasteiger partial charge in [-0.25, -0.2) is 0 Å². The first-order valence-electron chi connectivity index (χ1n) is 19.3. The standard InChI is InChI=1S/C42H44N6O10/c1-46-21-28(25-9-12-43-20-27(25)39(46)52)24-17-32(55-2)29(33(18-24)56-3)22-47-13-11-42(23-47)19-34(42)44-36(50)10-14-57-15-16-58-31-6-4-5-26-37(31)41(54)48(40(26)53)30-7-8-35(49)45-38(30)51/h4-6,9,12,17-18,20-21,30,34H,7-8,10-11,13-16,19,22-23H2,1-3H3,(H,44,50)(H,45,49,51)/t30?,34-,42?/m0/s1. The van der Waals surface area contributed by atoms with E-state index in [9.17, 15) is 28.8 Å². The molecule has 0 radical (unpaired) electrons. The fourth-order valence-corrected chi connectivity index (χ4v) is 8.53. The molecule has 16 heteroatoms. The van der Waals surface area contributed by atoms with Crippen LogP contribution in [0, 0.1) is 5.41 Å². The van der Waals surface area contributed by atoms with E-state index in [-0.39, 0.29) is 78.9 Å². The number of fused-ring (bicyclic) bond motifs is 2. The molecule has 1 saturated carbocycles. The highest BCUT2D eigenvalue weighted by Gasteiger charge is 2.58. The largest absolute Gasteiger partial charge is 0.496 e. The van der Waals surface area contributed by atoms with Gasteiger partial charge in [-0.2, -0.15) is 0 Å². The molecule has 1 spiro atoms. The smallest absolute Gasteiger partial charge is 0.266 e. The van der Waals surface area contributed by atoms with E-state index in [4.69, 9.17) is 18.9 Å². The molecular weight excluding hydrogens is 748 g/mol. The molecule has 2 N–H and O–H groups in total. The van der Waals surface area contributed by atoms with E-state index in [1.807, 2.05) is 24.4 Å². The van der Waals surface area contributed by atoms with E-state index in [0.29, 0.717) is 23.4 Å². The molecule has 16 nitrogen and oxygen atoms in total. The van der Waals surface area contributed by atoms with Crippen LogP contribution in [-0.4, -0.2) is 108 Å². The minimum Gasteiger partial charge on any atom is -0.496 e. The summed E-state index contributed by atoms with van der Waals surface area (Å²) in [5.74, 6) is -0.909. The molecule has 8 rings (SSSR count). The number of pyridine rings is 2. The fraction of sp³-hybridized carbons (Fsp3) is 0.405. The summed E-state index contributed by atoms with van der Waals surface area (Å²) in [4.78, 5) is 83.4. The molecule has 4 aromatic rings. The maximum absolute atomic E-state index is 13.3. The highest BCUT2D eigenvalue weighted by molar-refractivity contribution is 6.24. The molecule has 3 atom stereocenters. The van der Waals surface area contributed by atoms with Crippen molar-refractivity contribution in [3.8, 4) is 28.4 Å². The molecule has 3 fully saturated rings. The second-order valence-corrected chi connectivity index (χ2v) is 15.2. The molecule has 0 bridgehead atoms. The number of piperidine rings is 1. The van der Waals surface area contributed by atoms with E-state index < -0.39 is 29.7 Å². The van der Waals surface area contributed by atoms with Crippen molar-refractivity contribution in [2.75, 3.05) is 47.1 Å². The number of nitrogens with one attached hydrogen (secondary N) is 2. The summed E-state index contributed by atoms with van der Waals surface area (Å²) in [6.07, 6.45) is 7.20. The zero-order chi connectivity index (χ0) is 40.7. The number of rotatable bonds is 14. The summed E-state index contributed by atoms with van der Waals surface area (Å²) in [5.41, 5.74) is 2.75. The summed E-state index contributed by atoms with van der Waals surface area (Å²) < 4.78 is 24.8. The van der Waals surface area contributed by atoms with Crippen molar-refractivity contribution in [2.45, 2.75) is 50.7 Å². The Labute approximate surface area is 333 Å². The normalized spacial score (nSPS) is 21.4. The summed E-state index contributed by atoms with van der Waals surface area (Å²) in [6.45, 7) is 2.68. The zero-order valence-electron chi connectivity index (χ0n) is 32.5. The highest BCUT2D eigenvalue weighted by atomic mass is 16.5. The monoisotopic (exact) mass is 792 g/mol. The van der Waals surface area contributed by atoms with Crippen LogP contribution < -0.4 is 30.4 Å². The number of likely N-dealkylation sites (tertiary alicyclic amines) is 1. The molecule has 2 unspecified atom stereocenters. The van der Waals surface area contributed by atoms with Gasteiger partial charge in [0.05, 0.1) is 49.5 Å². The summed E-state index contributed by atoms with van der Waals surface area (Å²) in [5, 5.41) is 6.70. The number of methoxy groups -OCH3 is 2. The predicted octanol–water partition coefficient (Wildman–Crippen LogP) is 2.59. The molecule has 4 aliphatic rings. The number of carbonyl (C=O) groups is 5. The quantitative estimate of drug-likeness (QED) is 0.141. The van der Waals surface area contributed by atoms with Crippen molar-refractivity contribution in [1.29, 1.82) is 0 Å². The Morgan fingerprint density at radius 3 is 2.52 bits per heavy atom. The summed E-state index contributed by atoms with van der Waals surface area (Å²) in [7, 11) is 5.00. The molecule has 2 aromatic carbocycles. The van der Waals surface area contributed by atoms with E-state index >= 15 is 0 Å². The van der Waals surface area contributed by atoms with E-state index in [1.165, 1.54) is 6.07 Å². The molecule has 1 aliphatic carbocycles. The van der Waals surface area contributed by atoms with Crippen molar-refractivity contribution < 1.29 is 42.9 Å². The van der Waals surface area contributed by atoms with Crippen LogP contribution in [0.25, 0.3) is 21.9 Å². The van der Waals surface area contributed by atoms with Crippen LogP contribution in [0.3, 0.4) is 0 Å². The lowest BCUT2D eigenvalue weighted by Gasteiger charge is -2.27. The molecule has 2 aromatic heterocycles. The van der Waals surface area contributed by atoms with Crippen LogP contribution in [-0.2, 0) is 32.7 Å². The number of amides is 5. The first-order valence-corrected chi connectivity index (χ1v) is 19.3. The highest BCUT2D eigenvalue weighted by Crippen LogP contribution is 2.53. The van der Waals surface area contributed by atoms with Gasteiger partial charge in [-0.1, -0.05) is 6.07 Å². The minimum absolute atomic E-state index is 0.00902. The third-order valence-corrected chi connectivity index (χ3v) is 11.7. The van der Waals surface area contributed by atoms with Gasteiger partial charge in [0.1, 0.15) is 29.9 Å². The minimum atomic E-state index is -1.07. The summed E-state index contributed by atoms with van der Waals surface area (Å²) >= 11 is 0. The predicted molar refractivity (Wildman–Crippen MR) is 208 cm³/mol. The Bertz CT molecular complexity index is 2390. The van der Waals surface area contributed by atoms with Crippen molar-refractivity contribution in [2.24, 2.45) is 12.5 Å². The van der Waals surface area contributed by atoms with Gasteiger partial charge in [0.2, 0.25) is 17.7 Å². The lowest BCUT2D eigenvalue weighted by molar-refractivity contribution is -0.136. The van der Waals surface area contributed by atoms with Gasteiger partial charge in [0, 0.05) is 68.6 Å². The van der Waals surface area contributed by atoms with Gasteiger partial charge in [0.25, 0.3) is 17.4 Å². The maximum atomic E-state index is 13.3. The van der Waals surface area contributed by atoms with Crippen molar-refractivity contribution in [3.63, 3.8) is 0 Å². The van der Waals surface area contributed by atoms with Gasteiger partial charge >= 0.3 is 0 Å². The number of imide groups is 2. The van der Waals surface area contributed by atoms with Crippen LogP contribution in [0.5, 0.6) is 17.2 Å². The van der Waals surface area contributed by atoms with Crippen molar-refractivity contribution in [3.05, 3.63) is 82.0 Å². The number of hydrogen-bond donors (Lipinski definition) is 2. The number of aromatic nitrogens is 2. The number of aryl methyl sites for hydroxylation is 1. The average Bonchev–Trinajstić information content (AvgIpc) is 3.59. The Hall–Kier alpha value is -6.13. The number of nitrogens with zero attached hydrogens (tertiary/aromatic N) is 4.